The van der Waals surface area contributed by atoms with Crippen LogP contribution in [0.3, 0.4) is 0 Å². The molecule has 1 aromatic carbocycles. The van der Waals surface area contributed by atoms with Gasteiger partial charge in [0.05, 0.1) is 11.1 Å². The van der Waals surface area contributed by atoms with E-state index < -0.39 is 50.9 Å². The molecule has 1 aromatic rings. The van der Waals surface area contributed by atoms with Crippen molar-refractivity contribution in [3.05, 3.63) is 69.7 Å². The third-order valence-corrected chi connectivity index (χ3v) is 4.94. The maximum atomic E-state index is 12.9. The highest BCUT2D eigenvalue weighted by atomic mass is 32.3. The minimum atomic E-state index is -4.67. The number of hydrogen-bond acceptors (Lipinski definition) is 9. The summed E-state index contributed by atoms with van der Waals surface area (Å²) in [6.45, 7) is 0. The Morgan fingerprint density at radius 1 is 1.03 bits per heavy atom. The number of aromatic hydroxyl groups is 1. The number of carbonyl (C=O) groups is 3. The van der Waals surface area contributed by atoms with Crippen LogP contribution in [0.2, 0.25) is 0 Å². The van der Waals surface area contributed by atoms with Crippen molar-refractivity contribution >= 4 is 33.9 Å². The van der Waals surface area contributed by atoms with Gasteiger partial charge in [-0.05, 0) is 35.4 Å². The van der Waals surface area contributed by atoms with E-state index in [0.717, 1.165) is 6.08 Å². The molecule has 0 spiro atoms. The molecule has 0 aliphatic heterocycles. The molecular weight excluding hydrogens is 450 g/mol. The highest BCUT2D eigenvalue weighted by Gasteiger charge is 2.56. The number of primary amides is 1. The molecule has 0 bridgehead atoms. The molecule has 0 heterocycles. The molecule has 2 unspecified atom stereocenters. The second-order valence-corrected chi connectivity index (χ2v) is 7.82. The topological polar surface area (TPSA) is 233 Å². The van der Waals surface area contributed by atoms with Gasteiger partial charge in [0.1, 0.15) is 17.3 Å². The van der Waals surface area contributed by atoms with E-state index in [1.165, 1.54) is 24.3 Å². The maximum Gasteiger partial charge on any atom is 0.394 e. The Bertz CT molecular complexity index is 1310. The summed E-state index contributed by atoms with van der Waals surface area (Å²) in [6, 6.07) is 4.41. The Morgan fingerprint density at radius 2 is 1.62 bits per heavy atom. The number of allylic oxidation sites excluding steroid dienone is 3. The van der Waals surface area contributed by atoms with Crippen LogP contribution in [0.4, 0.5) is 0 Å². The van der Waals surface area contributed by atoms with Crippen LogP contribution in [0.1, 0.15) is 15.9 Å². The van der Waals surface area contributed by atoms with Crippen LogP contribution in [0, 0.1) is 5.92 Å². The summed E-state index contributed by atoms with van der Waals surface area (Å²) in [5.74, 6) is -7.09. The molecule has 32 heavy (non-hydrogen) atoms. The molecule has 3 aliphatic rings. The summed E-state index contributed by atoms with van der Waals surface area (Å²) in [6.07, 6.45) is 3.71. The minimum absolute atomic E-state index is 0.0867. The zero-order valence-corrected chi connectivity index (χ0v) is 16.6. The van der Waals surface area contributed by atoms with Gasteiger partial charge in [0.2, 0.25) is 17.3 Å². The summed E-state index contributed by atoms with van der Waals surface area (Å²) in [4.78, 5) is 37.0. The summed E-state index contributed by atoms with van der Waals surface area (Å²) in [5.41, 5.74) is 2.31. The van der Waals surface area contributed by atoms with Gasteiger partial charge in [0.15, 0.2) is 11.7 Å². The lowest BCUT2D eigenvalue weighted by molar-refractivity contribution is -0.142. The Morgan fingerprint density at radius 3 is 2.19 bits per heavy atom. The highest BCUT2D eigenvalue weighted by Crippen LogP contribution is 2.46. The summed E-state index contributed by atoms with van der Waals surface area (Å²) >= 11 is 0. The molecule has 0 saturated carbocycles. The first-order chi connectivity index (χ1) is 14.7. The van der Waals surface area contributed by atoms with Gasteiger partial charge in [-0.1, -0.05) is 12.1 Å². The van der Waals surface area contributed by atoms with Crippen molar-refractivity contribution < 1.29 is 52.3 Å². The molecule has 0 radical (unpaired) electrons. The second kappa shape index (κ2) is 7.42. The van der Waals surface area contributed by atoms with E-state index in [9.17, 15) is 34.8 Å². The molecule has 12 nitrogen and oxygen atoms in total. The summed E-state index contributed by atoms with van der Waals surface area (Å²) < 4.78 is 31.6. The number of rotatable bonds is 1. The first kappa shape index (κ1) is 22.9. The fourth-order valence-electron chi connectivity index (χ4n) is 3.63. The normalized spacial score (nSPS) is 24.1. The number of hydrogen-bond donors (Lipinski definition) is 7. The van der Waals surface area contributed by atoms with E-state index in [4.69, 9.17) is 23.3 Å². The largest absolute Gasteiger partial charge is 0.511 e. The predicted octanol–water partition coefficient (Wildman–Crippen LogP) is -0.0716. The molecular formula is C19H15NO11S. The number of ketones is 2. The fourth-order valence-corrected chi connectivity index (χ4v) is 3.63. The summed E-state index contributed by atoms with van der Waals surface area (Å²) in [5, 5.41) is 41.5. The molecule has 8 N–H and O–H groups in total. The van der Waals surface area contributed by atoms with E-state index in [1.807, 2.05) is 0 Å². The molecule has 13 heteroatoms. The Balaban J connectivity index is 0.000000523. The van der Waals surface area contributed by atoms with E-state index in [2.05, 4.69) is 0 Å². The van der Waals surface area contributed by atoms with Crippen molar-refractivity contribution in [2.45, 2.75) is 5.60 Å². The first-order valence-corrected chi connectivity index (χ1v) is 9.98. The zero-order valence-electron chi connectivity index (χ0n) is 15.8. The molecule has 0 aromatic heterocycles. The minimum Gasteiger partial charge on any atom is -0.511 e. The Hall–Kier alpha value is -3.78. The Labute approximate surface area is 179 Å². The van der Waals surface area contributed by atoms with Gasteiger partial charge in [0.25, 0.3) is 0 Å². The molecule has 0 fully saturated rings. The molecule has 0 saturated heterocycles. The first-order valence-electron chi connectivity index (χ1n) is 8.59. The number of aliphatic hydroxyl groups excluding tert-OH is 2. The van der Waals surface area contributed by atoms with E-state index >= 15 is 0 Å². The monoisotopic (exact) mass is 465 g/mol. The van der Waals surface area contributed by atoms with Gasteiger partial charge in [-0.3, -0.25) is 23.5 Å². The Kier molecular flexibility index (Phi) is 5.31. The number of phenolic OH excluding ortho intramolecular Hbond substituents is 1. The molecule has 168 valence electrons. The number of amides is 1. The number of phenols is 1. The number of carbonyl (C=O) groups excluding carboxylic acids is 3. The van der Waals surface area contributed by atoms with Crippen molar-refractivity contribution in [3.8, 4) is 5.75 Å². The standard InChI is InChI=1S/C19H13NO7.H2O4S/c20-18(26)14-11(22)6-9-5-8-4-7-2-1-3-10(21)12(7)15(23)13(8)16(24)19(9,27)17(14)25;1-5(2,3)4/h1-6,14,21-22,24,27H,(H2,20,26);(H2,1,2,3,4). The van der Waals surface area contributed by atoms with Crippen LogP contribution in [0.25, 0.3) is 6.08 Å². The number of fused-ring (bicyclic) bond motifs is 3. The van der Waals surface area contributed by atoms with Crippen LogP contribution in [-0.4, -0.2) is 61.0 Å². The van der Waals surface area contributed by atoms with Crippen molar-refractivity contribution in [2.75, 3.05) is 0 Å². The molecule has 1 amide bonds. The van der Waals surface area contributed by atoms with Crippen LogP contribution in [0.15, 0.2) is 58.6 Å². The highest BCUT2D eigenvalue weighted by molar-refractivity contribution is 7.79. The van der Waals surface area contributed by atoms with Crippen molar-refractivity contribution in [1.29, 1.82) is 0 Å². The smallest absolute Gasteiger partial charge is 0.394 e. The van der Waals surface area contributed by atoms with Crippen LogP contribution < -0.4 is 5.73 Å². The predicted molar refractivity (Wildman–Crippen MR) is 106 cm³/mol. The lowest BCUT2D eigenvalue weighted by atomic mass is 9.68. The third-order valence-electron chi connectivity index (χ3n) is 4.94. The number of Topliss-reactive ketones (excluding diaryl/α,β-unsaturated/α-hetero) is 2. The van der Waals surface area contributed by atoms with E-state index in [-0.39, 0.29) is 28.0 Å². The van der Waals surface area contributed by atoms with E-state index in [1.54, 1.807) is 6.07 Å². The average Bonchev–Trinajstić information content (AvgIpc) is 2.63. The SMILES string of the molecule is NC(=O)C1C(=O)C2(O)C(=CC3=Cc4cccc(O)c4C(=O)C3=C2O)C=C1O.O=S(=O)(O)O. The average molecular weight is 465 g/mol. The molecule has 3 aliphatic carbocycles. The van der Waals surface area contributed by atoms with Gasteiger partial charge < -0.3 is 26.2 Å². The fraction of sp³-hybridized carbons (Fsp3) is 0.105. The van der Waals surface area contributed by atoms with Gasteiger partial charge >= 0.3 is 10.4 Å². The van der Waals surface area contributed by atoms with Crippen molar-refractivity contribution in [2.24, 2.45) is 11.7 Å². The zero-order chi connectivity index (χ0) is 24.2. The van der Waals surface area contributed by atoms with Crippen LogP contribution in [-0.2, 0) is 20.0 Å². The maximum absolute atomic E-state index is 12.9. The van der Waals surface area contributed by atoms with Gasteiger partial charge in [-0.25, -0.2) is 0 Å². The summed E-state index contributed by atoms with van der Waals surface area (Å²) in [7, 11) is -4.67. The van der Waals surface area contributed by atoms with Crippen LogP contribution in [0.5, 0.6) is 5.75 Å². The second-order valence-electron chi connectivity index (χ2n) is 6.92. The quantitative estimate of drug-likeness (QED) is 0.214. The van der Waals surface area contributed by atoms with Crippen LogP contribution >= 0.6 is 0 Å². The molecule has 2 atom stereocenters. The van der Waals surface area contributed by atoms with Gasteiger partial charge in [-0.15, -0.1) is 0 Å². The number of aliphatic hydroxyl groups is 3. The number of nitrogens with two attached hydrogens (primary N) is 1. The van der Waals surface area contributed by atoms with E-state index in [0.29, 0.717) is 5.56 Å². The van der Waals surface area contributed by atoms with Gasteiger partial charge in [-0.2, -0.15) is 8.42 Å². The lowest BCUT2D eigenvalue weighted by Gasteiger charge is -2.38. The third kappa shape index (κ3) is 3.58. The van der Waals surface area contributed by atoms with Crippen molar-refractivity contribution in [1.82, 2.24) is 0 Å². The van der Waals surface area contributed by atoms with Crippen molar-refractivity contribution in [3.63, 3.8) is 0 Å². The van der Waals surface area contributed by atoms with Gasteiger partial charge in [0, 0.05) is 5.57 Å². The lowest BCUT2D eigenvalue weighted by Crippen LogP contribution is -2.54. The number of benzene rings is 1. The molecule has 4 rings (SSSR count).